The van der Waals surface area contributed by atoms with E-state index < -0.39 is 0 Å². The van der Waals surface area contributed by atoms with E-state index in [4.69, 9.17) is 18.6 Å². The fourth-order valence-corrected chi connectivity index (χ4v) is 3.95. The van der Waals surface area contributed by atoms with Gasteiger partial charge in [-0.05, 0) is 49.4 Å². The summed E-state index contributed by atoms with van der Waals surface area (Å²) >= 11 is 3.55. The number of rotatable bonds is 9. The Bertz CT molecular complexity index is 1250. The van der Waals surface area contributed by atoms with Gasteiger partial charge < -0.3 is 18.6 Å². The van der Waals surface area contributed by atoms with E-state index in [0.29, 0.717) is 23.7 Å². The zero-order chi connectivity index (χ0) is 25.2. The summed E-state index contributed by atoms with van der Waals surface area (Å²) in [6, 6.07) is 17.2. The van der Waals surface area contributed by atoms with Crippen LogP contribution in [0.1, 0.15) is 37.5 Å². The molecule has 0 atom stereocenters. The van der Waals surface area contributed by atoms with Crippen molar-refractivity contribution in [2.75, 3.05) is 6.61 Å². The molecule has 0 saturated carbocycles. The van der Waals surface area contributed by atoms with Gasteiger partial charge in [-0.25, -0.2) is 4.39 Å². The van der Waals surface area contributed by atoms with Crippen molar-refractivity contribution >= 4 is 32.9 Å². The van der Waals surface area contributed by atoms with E-state index in [0.717, 1.165) is 26.5 Å². The van der Waals surface area contributed by atoms with Crippen LogP contribution in [0.5, 0.6) is 11.5 Å². The van der Waals surface area contributed by atoms with E-state index in [1.165, 1.54) is 12.1 Å². The van der Waals surface area contributed by atoms with Crippen LogP contribution in [0.4, 0.5) is 4.39 Å². The molecule has 5 nitrogen and oxygen atoms in total. The number of halogens is 2. The lowest BCUT2D eigenvalue weighted by Crippen LogP contribution is -2.09. The molecule has 4 rings (SSSR count). The Labute approximate surface area is 212 Å². The summed E-state index contributed by atoms with van der Waals surface area (Å²) in [5.74, 6) is 0.580. The van der Waals surface area contributed by atoms with Gasteiger partial charge in [-0.1, -0.05) is 48.0 Å². The van der Waals surface area contributed by atoms with Gasteiger partial charge in [0.25, 0.3) is 0 Å². The molecule has 0 N–H and O–H groups in total. The molecule has 0 bridgehead atoms. The van der Waals surface area contributed by atoms with Crippen LogP contribution in [0.25, 0.3) is 11.0 Å². The van der Waals surface area contributed by atoms with E-state index >= 15 is 0 Å². The van der Waals surface area contributed by atoms with E-state index in [2.05, 4.69) is 15.9 Å². The molecule has 0 radical (unpaired) electrons. The highest BCUT2D eigenvalue weighted by Crippen LogP contribution is 2.31. The van der Waals surface area contributed by atoms with Gasteiger partial charge in [-0.15, -0.1) is 0 Å². The number of ether oxygens (including phenoxy) is 3. The van der Waals surface area contributed by atoms with Crippen molar-refractivity contribution in [1.29, 1.82) is 0 Å². The fraction of sp³-hybridized carbons (Fsp3) is 0.250. The Kier molecular flexibility index (Phi) is 9.73. The summed E-state index contributed by atoms with van der Waals surface area (Å²) in [6.07, 6.45) is 1.80. The van der Waals surface area contributed by atoms with Crippen LogP contribution in [0.3, 0.4) is 0 Å². The van der Waals surface area contributed by atoms with Crippen LogP contribution in [0.2, 0.25) is 0 Å². The van der Waals surface area contributed by atoms with Crippen LogP contribution in [-0.2, 0) is 29.2 Å². The first-order chi connectivity index (χ1) is 17.0. The minimum absolute atomic E-state index is 0.145. The summed E-state index contributed by atoms with van der Waals surface area (Å²) in [6.45, 7) is 6.64. The molecule has 1 aromatic heterocycles. The average molecular weight is 543 g/mol. The van der Waals surface area contributed by atoms with E-state index in [-0.39, 0.29) is 31.4 Å². The smallest absolute Gasteiger partial charge is 0.310 e. The van der Waals surface area contributed by atoms with Gasteiger partial charge >= 0.3 is 5.97 Å². The number of carbonyl (C=O) groups excluding carboxylic acids is 1. The highest BCUT2D eigenvalue weighted by Gasteiger charge is 2.15. The van der Waals surface area contributed by atoms with Gasteiger partial charge in [0.15, 0.2) is 0 Å². The zero-order valence-electron chi connectivity index (χ0n) is 20.0. The molecule has 0 fully saturated rings. The van der Waals surface area contributed by atoms with Crippen molar-refractivity contribution in [3.8, 4) is 11.5 Å². The van der Waals surface area contributed by atoms with Crippen LogP contribution in [-0.4, -0.2) is 12.6 Å². The summed E-state index contributed by atoms with van der Waals surface area (Å²) in [7, 11) is 0. The van der Waals surface area contributed by atoms with Crippen molar-refractivity contribution in [3.05, 3.63) is 93.9 Å². The lowest BCUT2D eigenvalue weighted by Gasteiger charge is -2.11. The molecule has 0 aliphatic carbocycles. The third-order valence-electron chi connectivity index (χ3n) is 5.00. The lowest BCUT2D eigenvalue weighted by molar-refractivity contribution is -0.142. The van der Waals surface area contributed by atoms with Gasteiger partial charge in [-0.2, -0.15) is 0 Å². The third kappa shape index (κ3) is 7.09. The Balaban J connectivity index is 0.00000167. The molecular weight excluding hydrogens is 515 g/mol. The maximum atomic E-state index is 13.1. The molecule has 0 aliphatic rings. The van der Waals surface area contributed by atoms with E-state index in [9.17, 15) is 9.18 Å². The second-order valence-electron chi connectivity index (χ2n) is 7.32. The first-order valence-electron chi connectivity index (χ1n) is 11.5. The molecule has 1 heterocycles. The molecule has 0 amide bonds. The maximum Gasteiger partial charge on any atom is 0.310 e. The van der Waals surface area contributed by atoms with Crippen molar-refractivity contribution in [2.45, 2.75) is 40.4 Å². The quantitative estimate of drug-likeness (QED) is 0.203. The number of hydrogen-bond donors (Lipinski definition) is 0. The van der Waals surface area contributed by atoms with Crippen molar-refractivity contribution in [1.82, 2.24) is 0 Å². The number of esters is 1. The van der Waals surface area contributed by atoms with E-state index in [1.54, 1.807) is 25.3 Å². The number of hydrogen-bond acceptors (Lipinski definition) is 5. The molecule has 0 aliphatic heterocycles. The predicted molar refractivity (Wildman–Crippen MR) is 137 cm³/mol. The second-order valence-corrected chi connectivity index (χ2v) is 8.24. The largest absolute Gasteiger partial charge is 0.489 e. The van der Waals surface area contributed by atoms with Gasteiger partial charge in [0, 0.05) is 26.5 Å². The van der Waals surface area contributed by atoms with Crippen LogP contribution in [0, 0.1) is 5.82 Å². The topological polar surface area (TPSA) is 57.9 Å². The highest BCUT2D eigenvalue weighted by molar-refractivity contribution is 9.10. The molecule has 4 aromatic rings. The van der Waals surface area contributed by atoms with E-state index in [1.807, 2.05) is 50.2 Å². The van der Waals surface area contributed by atoms with Crippen LogP contribution in [0.15, 0.2) is 75.8 Å². The van der Waals surface area contributed by atoms with Crippen molar-refractivity contribution in [3.63, 3.8) is 0 Å². The van der Waals surface area contributed by atoms with Gasteiger partial charge in [0.05, 0.1) is 19.3 Å². The van der Waals surface area contributed by atoms with Crippen molar-refractivity contribution in [2.24, 2.45) is 0 Å². The Morgan fingerprint density at radius 3 is 2.40 bits per heavy atom. The standard InChI is InChI=1S/C26H22BrFO5.C2H6/c1-2-30-25(29)12-17-5-3-4-6-24(17)32-15-19-16-33-26-18(11-20(27)13-23(19)26)14-31-22-9-7-21(28)8-10-22;1-2/h3-11,13,16H,2,12,14-15H2,1H3;1-2H3. The molecular formula is C28H28BrFO5. The summed E-state index contributed by atoms with van der Waals surface area (Å²) in [5, 5.41) is 0.893. The van der Waals surface area contributed by atoms with Crippen molar-refractivity contribution < 1.29 is 27.8 Å². The fourth-order valence-electron chi connectivity index (χ4n) is 3.45. The molecule has 7 heteroatoms. The number of para-hydroxylation sites is 1. The molecule has 35 heavy (non-hydrogen) atoms. The van der Waals surface area contributed by atoms with Gasteiger partial charge in [0.2, 0.25) is 0 Å². The third-order valence-corrected chi connectivity index (χ3v) is 5.46. The summed E-state index contributed by atoms with van der Waals surface area (Å²) in [4.78, 5) is 11.9. The second kappa shape index (κ2) is 13.0. The lowest BCUT2D eigenvalue weighted by atomic mass is 10.1. The first-order valence-corrected chi connectivity index (χ1v) is 12.3. The minimum Gasteiger partial charge on any atom is -0.489 e. The number of furan rings is 1. The number of carbonyl (C=O) groups is 1. The number of benzene rings is 3. The predicted octanol–water partition coefficient (Wildman–Crippen LogP) is 7.62. The summed E-state index contributed by atoms with van der Waals surface area (Å²) in [5.41, 5.74) is 3.16. The molecule has 184 valence electrons. The Hall–Kier alpha value is -3.32. The first kappa shape index (κ1) is 26.3. The zero-order valence-corrected chi connectivity index (χ0v) is 21.6. The molecule has 0 unspecified atom stereocenters. The van der Waals surface area contributed by atoms with Gasteiger partial charge in [0.1, 0.15) is 36.1 Å². The SMILES string of the molecule is CC.CCOC(=O)Cc1ccccc1OCc1coc2c(COc3ccc(F)cc3)cc(Br)cc12. The van der Waals surface area contributed by atoms with Gasteiger partial charge in [-0.3, -0.25) is 4.79 Å². The minimum atomic E-state index is -0.313. The van der Waals surface area contributed by atoms with Crippen LogP contribution < -0.4 is 9.47 Å². The normalized spacial score (nSPS) is 10.4. The Morgan fingerprint density at radius 1 is 0.943 bits per heavy atom. The molecule has 0 saturated heterocycles. The molecule has 3 aromatic carbocycles. The Morgan fingerprint density at radius 2 is 1.66 bits per heavy atom. The van der Waals surface area contributed by atoms with Crippen LogP contribution >= 0.6 is 15.9 Å². The maximum absolute atomic E-state index is 13.1. The monoisotopic (exact) mass is 542 g/mol. The molecule has 0 spiro atoms. The number of fused-ring (bicyclic) bond motifs is 1. The highest BCUT2D eigenvalue weighted by atomic mass is 79.9. The summed E-state index contributed by atoms with van der Waals surface area (Å²) < 4.78 is 36.7. The average Bonchev–Trinajstić information content (AvgIpc) is 3.27.